The molecule has 2 heterocycles. The zero-order valence-corrected chi connectivity index (χ0v) is 18.6. The molecule has 0 atom stereocenters. The molecule has 0 radical (unpaired) electrons. The number of methoxy groups -OCH3 is 2. The Hall–Kier alpha value is -1.81. The van der Waals surface area contributed by atoms with Gasteiger partial charge in [-0.1, -0.05) is 18.0 Å². The van der Waals surface area contributed by atoms with Crippen molar-refractivity contribution in [2.45, 2.75) is 30.0 Å². The largest absolute Gasteiger partial charge is 0.493 e. The summed E-state index contributed by atoms with van der Waals surface area (Å²) in [5.41, 5.74) is 0.324. The summed E-state index contributed by atoms with van der Waals surface area (Å²) in [5.74, 6) is 0.370. The topological polar surface area (TPSA) is 84.9 Å². The number of amides is 1. The van der Waals surface area contributed by atoms with Gasteiger partial charge >= 0.3 is 0 Å². The Kier molecular flexibility index (Phi) is 7.05. The maximum absolute atomic E-state index is 12.7. The smallest absolute Gasteiger partial charge is 0.252 e. The highest BCUT2D eigenvalue weighted by atomic mass is 35.5. The number of carbonyl (C=O) groups excluding carboxylic acids is 1. The lowest BCUT2D eigenvalue weighted by Gasteiger charge is -2.25. The second-order valence-electron chi connectivity index (χ2n) is 6.56. The lowest BCUT2D eigenvalue weighted by Crippen LogP contribution is -2.35. The fourth-order valence-electron chi connectivity index (χ4n) is 3.14. The number of halogens is 1. The highest BCUT2D eigenvalue weighted by molar-refractivity contribution is 7.91. The van der Waals surface area contributed by atoms with Gasteiger partial charge in [0.2, 0.25) is 0 Å². The van der Waals surface area contributed by atoms with Crippen LogP contribution in [0.1, 0.15) is 34.5 Å². The Bertz CT molecular complexity index is 984. The number of piperidine rings is 1. The number of hydrogen-bond acceptors (Lipinski definition) is 6. The van der Waals surface area contributed by atoms with Crippen LogP contribution in [0.15, 0.2) is 28.5 Å². The summed E-state index contributed by atoms with van der Waals surface area (Å²) in [6, 6.07) is 6.37. The highest BCUT2D eigenvalue weighted by Gasteiger charge is 2.27. The fraction of sp³-hybridized carbons (Fsp3) is 0.421. The third-order valence-corrected chi connectivity index (χ3v) is 8.40. The van der Waals surface area contributed by atoms with Gasteiger partial charge in [0.1, 0.15) is 4.21 Å². The van der Waals surface area contributed by atoms with E-state index in [0.717, 1.165) is 24.1 Å². The number of nitrogens with zero attached hydrogens (tertiary/aromatic N) is 1. The molecule has 1 aromatic heterocycles. The van der Waals surface area contributed by atoms with Crippen molar-refractivity contribution in [1.82, 2.24) is 9.62 Å². The summed E-state index contributed by atoms with van der Waals surface area (Å²) < 4.78 is 37.7. The minimum absolute atomic E-state index is 0.213. The predicted octanol–water partition coefficient (Wildman–Crippen LogP) is 3.52. The normalized spacial score (nSPS) is 15.1. The van der Waals surface area contributed by atoms with Gasteiger partial charge in [0.05, 0.1) is 25.8 Å². The van der Waals surface area contributed by atoms with Gasteiger partial charge in [-0.15, -0.1) is 11.3 Å². The minimum Gasteiger partial charge on any atom is -0.493 e. The van der Waals surface area contributed by atoms with E-state index in [1.807, 2.05) is 0 Å². The van der Waals surface area contributed by atoms with Gasteiger partial charge in [-0.25, -0.2) is 8.42 Å². The van der Waals surface area contributed by atoms with E-state index in [2.05, 4.69) is 5.32 Å². The molecule has 158 valence electrons. The second kappa shape index (κ2) is 9.34. The Labute approximate surface area is 179 Å². The number of ether oxygens (including phenoxy) is 2. The zero-order chi connectivity index (χ0) is 21.0. The van der Waals surface area contributed by atoms with Gasteiger partial charge in [-0.2, -0.15) is 4.31 Å². The van der Waals surface area contributed by atoms with E-state index in [-0.39, 0.29) is 17.5 Å². The van der Waals surface area contributed by atoms with Crippen LogP contribution in [0.2, 0.25) is 5.02 Å². The number of thiophene rings is 1. The summed E-state index contributed by atoms with van der Waals surface area (Å²) in [5, 5.41) is 3.05. The monoisotopic (exact) mass is 458 g/mol. The van der Waals surface area contributed by atoms with E-state index in [0.29, 0.717) is 34.4 Å². The molecule has 0 unspecified atom stereocenters. The second-order valence-corrected chi connectivity index (χ2v) is 10.3. The number of hydrogen-bond donors (Lipinski definition) is 1. The van der Waals surface area contributed by atoms with Crippen molar-refractivity contribution in [2.24, 2.45) is 0 Å². The Balaban J connectivity index is 1.68. The van der Waals surface area contributed by atoms with Crippen molar-refractivity contribution in [2.75, 3.05) is 27.3 Å². The van der Waals surface area contributed by atoms with E-state index in [4.69, 9.17) is 21.1 Å². The maximum atomic E-state index is 12.7. The first-order chi connectivity index (χ1) is 13.9. The molecule has 0 saturated carbocycles. The van der Waals surface area contributed by atoms with E-state index in [1.54, 1.807) is 18.2 Å². The molecule has 0 aliphatic carbocycles. The fourth-order valence-corrected chi connectivity index (χ4v) is 6.40. The quantitative estimate of drug-likeness (QED) is 0.686. The van der Waals surface area contributed by atoms with Gasteiger partial charge in [-0.05, 0) is 37.1 Å². The van der Waals surface area contributed by atoms with Crippen molar-refractivity contribution in [1.29, 1.82) is 0 Å². The Morgan fingerprint density at radius 3 is 2.55 bits per heavy atom. The van der Waals surface area contributed by atoms with Crippen molar-refractivity contribution in [3.8, 4) is 11.5 Å². The molecular formula is C19H23ClN2O5S2. The molecule has 1 saturated heterocycles. The zero-order valence-electron chi connectivity index (χ0n) is 16.2. The molecule has 1 aromatic carbocycles. The van der Waals surface area contributed by atoms with Crippen LogP contribution in [0.4, 0.5) is 0 Å². The van der Waals surface area contributed by atoms with Crippen molar-refractivity contribution in [3.05, 3.63) is 39.7 Å². The molecule has 1 amide bonds. The molecule has 1 aliphatic heterocycles. The molecule has 29 heavy (non-hydrogen) atoms. The van der Waals surface area contributed by atoms with Crippen LogP contribution in [0.5, 0.6) is 11.5 Å². The number of sulfonamides is 1. The van der Waals surface area contributed by atoms with Gasteiger partial charge in [-0.3, -0.25) is 4.79 Å². The molecule has 10 heteroatoms. The van der Waals surface area contributed by atoms with Crippen LogP contribution in [-0.2, 0) is 16.6 Å². The summed E-state index contributed by atoms with van der Waals surface area (Å²) in [6.45, 7) is 1.34. The number of nitrogens with one attached hydrogen (secondary N) is 1. The first-order valence-corrected chi connectivity index (χ1v) is 11.8. The standard InChI is InChI=1S/C19H23ClN2O5S2/c1-26-16-11-13(10-15(20)18(16)27-2)19(23)21-12-14-6-7-17(28-14)29(24,25)22-8-4-3-5-9-22/h6-7,10-11H,3-5,8-9,12H2,1-2H3,(H,21,23). The Morgan fingerprint density at radius 1 is 1.17 bits per heavy atom. The molecule has 7 nitrogen and oxygen atoms in total. The van der Waals surface area contributed by atoms with Crippen molar-refractivity contribution >= 4 is 38.9 Å². The van der Waals surface area contributed by atoms with E-state index in [1.165, 1.54) is 35.9 Å². The summed E-state index contributed by atoms with van der Waals surface area (Å²) in [4.78, 5) is 13.3. The van der Waals surface area contributed by atoms with Crippen LogP contribution in [-0.4, -0.2) is 45.9 Å². The van der Waals surface area contributed by atoms with Crippen LogP contribution in [0.3, 0.4) is 0 Å². The van der Waals surface area contributed by atoms with E-state index >= 15 is 0 Å². The average Bonchev–Trinajstić information content (AvgIpc) is 3.22. The van der Waals surface area contributed by atoms with E-state index in [9.17, 15) is 13.2 Å². The minimum atomic E-state index is -3.46. The SMILES string of the molecule is COc1cc(C(=O)NCc2ccc(S(=O)(=O)N3CCCCC3)s2)cc(Cl)c1OC. The molecule has 0 spiro atoms. The number of rotatable bonds is 7. The van der Waals surface area contributed by atoms with Gasteiger partial charge in [0.15, 0.2) is 11.5 Å². The van der Waals surface area contributed by atoms with Gasteiger partial charge in [0.25, 0.3) is 15.9 Å². The van der Waals surface area contributed by atoms with E-state index < -0.39 is 10.0 Å². The van der Waals surface area contributed by atoms with Crippen molar-refractivity contribution < 1.29 is 22.7 Å². The summed E-state index contributed by atoms with van der Waals surface area (Å²) in [6.07, 6.45) is 2.84. The average molecular weight is 459 g/mol. The maximum Gasteiger partial charge on any atom is 0.252 e. The van der Waals surface area contributed by atoms with Crippen LogP contribution >= 0.6 is 22.9 Å². The van der Waals surface area contributed by atoms with Crippen LogP contribution < -0.4 is 14.8 Å². The summed E-state index contributed by atoms with van der Waals surface area (Å²) in [7, 11) is -0.531. The third-order valence-electron chi connectivity index (χ3n) is 4.67. The number of benzene rings is 1. The molecule has 0 bridgehead atoms. The molecule has 3 rings (SSSR count). The van der Waals surface area contributed by atoms with Crippen molar-refractivity contribution in [3.63, 3.8) is 0 Å². The van der Waals surface area contributed by atoms with Gasteiger partial charge in [0, 0.05) is 23.5 Å². The lowest BCUT2D eigenvalue weighted by atomic mass is 10.2. The first-order valence-electron chi connectivity index (χ1n) is 9.15. The van der Waals surface area contributed by atoms with Crippen LogP contribution in [0, 0.1) is 0 Å². The van der Waals surface area contributed by atoms with Gasteiger partial charge < -0.3 is 14.8 Å². The third kappa shape index (κ3) is 4.85. The summed E-state index contributed by atoms with van der Waals surface area (Å²) >= 11 is 7.32. The molecule has 2 aromatic rings. The number of carbonyl (C=O) groups is 1. The molecule has 1 fully saturated rings. The first kappa shape index (κ1) is 21.9. The molecule has 1 N–H and O–H groups in total. The molecule has 1 aliphatic rings. The lowest BCUT2D eigenvalue weighted by molar-refractivity contribution is 0.0951. The highest BCUT2D eigenvalue weighted by Crippen LogP contribution is 2.36. The predicted molar refractivity (Wildman–Crippen MR) is 113 cm³/mol. The Morgan fingerprint density at radius 2 is 1.90 bits per heavy atom. The van der Waals surface area contributed by atoms with Crippen LogP contribution in [0.25, 0.3) is 0 Å². The molecular weight excluding hydrogens is 436 g/mol.